The zero-order chi connectivity index (χ0) is 45.9. The maximum atomic E-state index is 13.0. The summed E-state index contributed by atoms with van der Waals surface area (Å²) in [5.41, 5.74) is 0. The molecule has 0 saturated carbocycles. The molecule has 1 aliphatic heterocycles. The van der Waals surface area contributed by atoms with Gasteiger partial charge in [-0.3, -0.25) is 4.79 Å². The van der Waals surface area contributed by atoms with Crippen LogP contribution in [0.2, 0.25) is 0 Å². The van der Waals surface area contributed by atoms with E-state index in [1.165, 1.54) is 128 Å². The van der Waals surface area contributed by atoms with Crippen molar-refractivity contribution in [1.29, 1.82) is 0 Å². The quantitative estimate of drug-likeness (QED) is 0.0262. The van der Waals surface area contributed by atoms with Gasteiger partial charge in [-0.15, -0.1) is 0 Å². The van der Waals surface area contributed by atoms with Gasteiger partial charge in [-0.1, -0.05) is 216 Å². The van der Waals surface area contributed by atoms with Gasteiger partial charge in [0.05, 0.1) is 25.4 Å². The molecule has 6 N–H and O–H groups in total. The minimum Gasteiger partial charge on any atom is -0.394 e. The summed E-state index contributed by atoms with van der Waals surface area (Å²) in [5.74, 6) is -0.183. The molecule has 1 heterocycles. The van der Waals surface area contributed by atoms with Crippen LogP contribution in [-0.4, -0.2) is 87.5 Å². The molecular weight excluding hydrogens is 791 g/mol. The highest BCUT2D eigenvalue weighted by Gasteiger charge is 2.44. The molecule has 7 atom stereocenters. The molecule has 1 rings (SSSR count). The Balaban J connectivity index is 2.28. The predicted molar refractivity (Wildman–Crippen MR) is 262 cm³/mol. The van der Waals surface area contributed by atoms with Crippen molar-refractivity contribution in [2.75, 3.05) is 13.2 Å². The first-order valence-electron chi connectivity index (χ1n) is 26.0. The average molecular weight is 888 g/mol. The predicted octanol–water partition coefficient (Wildman–Crippen LogP) is 12.0. The van der Waals surface area contributed by atoms with E-state index in [9.17, 15) is 30.3 Å². The number of hydrogen-bond donors (Lipinski definition) is 6. The standard InChI is InChI=1S/C54H97NO8/c1-3-5-7-9-11-13-15-17-19-21-22-23-24-25-26-28-30-32-34-36-38-40-42-44-50(58)55-47(46-62-54-53(61)52(60)51(59)49(45-56)63-54)48(57)43-41-39-37-35-33-31-29-27-20-18-16-14-12-10-8-6-4-2/h5,7,11,13,17,19,22-23,41,43,47-49,51-54,56-57,59-61H,3-4,6,8-10,12,14-16,18,20-21,24-40,42,44-46H2,1-2H3,(H,55,58)/b7-5-,13-11-,19-17-,23-22-,43-41+. The van der Waals surface area contributed by atoms with Gasteiger partial charge in [-0.05, 0) is 57.8 Å². The summed E-state index contributed by atoms with van der Waals surface area (Å²) in [7, 11) is 0. The number of ether oxygens (including phenoxy) is 2. The van der Waals surface area contributed by atoms with Crippen molar-refractivity contribution in [1.82, 2.24) is 5.32 Å². The van der Waals surface area contributed by atoms with Crippen molar-refractivity contribution in [2.24, 2.45) is 0 Å². The normalized spacial score (nSPS) is 20.7. The third-order valence-corrected chi connectivity index (χ3v) is 12.1. The molecule has 1 amide bonds. The van der Waals surface area contributed by atoms with Gasteiger partial charge in [0.2, 0.25) is 5.91 Å². The fourth-order valence-corrected chi connectivity index (χ4v) is 7.97. The van der Waals surface area contributed by atoms with Crippen molar-refractivity contribution in [3.8, 4) is 0 Å². The first-order chi connectivity index (χ1) is 30.8. The molecule has 0 aromatic heterocycles. The maximum Gasteiger partial charge on any atom is 0.220 e. The Kier molecular flexibility index (Phi) is 40.9. The zero-order valence-corrected chi connectivity index (χ0v) is 40.3. The maximum absolute atomic E-state index is 13.0. The Hall–Kier alpha value is -2.11. The lowest BCUT2D eigenvalue weighted by Gasteiger charge is -2.40. The van der Waals surface area contributed by atoms with Gasteiger partial charge >= 0.3 is 0 Å². The van der Waals surface area contributed by atoms with E-state index in [1.807, 2.05) is 6.08 Å². The van der Waals surface area contributed by atoms with Crippen molar-refractivity contribution >= 4 is 5.91 Å². The first-order valence-corrected chi connectivity index (χ1v) is 26.0. The van der Waals surface area contributed by atoms with Crippen LogP contribution in [0, 0.1) is 0 Å². The van der Waals surface area contributed by atoms with Gasteiger partial charge in [-0.25, -0.2) is 0 Å². The van der Waals surface area contributed by atoms with Gasteiger partial charge < -0.3 is 40.3 Å². The molecule has 9 nitrogen and oxygen atoms in total. The fraction of sp³-hybridized carbons (Fsp3) is 0.796. The van der Waals surface area contributed by atoms with Crippen LogP contribution in [-0.2, 0) is 14.3 Å². The van der Waals surface area contributed by atoms with Crippen LogP contribution in [0.15, 0.2) is 60.8 Å². The minimum absolute atomic E-state index is 0.183. The average Bonchev–Trinajstić information content (AvgIpc) is 3.28. The molecule has 0 aromatic carbocycles. The Morgan fingerprint density at radius 2 is 0.984 bits per heavy atom. The number of rotatable bonds is 43. The summed E-state index contributed by atoms with van der Waals surface area (Å²) < 4.78 is 11.2. The molecule has 0 bridgehead atoms. The molecule has 0 radical (unpaired) electrons. The van der Waals surface area contributed by atoms with Crippen LogP contribution in [0.4, 0.5) is 0 Å². The van der Waals surface area contributed by atoms with Gasteiger partial charge in [0.15, 0.2) is 6.29 Å². The lowest BCUT2D eigenvalue weighted by atomic mass is 9.99. The molecule has 366 valence electrons. The van der Waals surface area contributed by atoms with E-state index in [0.29, 0.717) is 6.42 Å². The number of unbranched alkanes of at least 4 members (excludes halogenated alkanes) is 25. The molecular formula is C54H97NO8. The van der Waals surface area contributed by atoms with Crippen LogP contribution in [0.1, 0.15) is 219 Å². The number of carbonyl (C=O) groups excluding carboxylic acids is 1. The zero-order valence-electron chi connectivity index (χ0n) is 40.3. The second kappa shape index (κ2) is 43.8. The molecule has 0 spiro atoms. The Morgan fingerprint density at radius 1 is 0.556 bits per heavy atom. The number of nitrogens with one attached hydrogen (secondary N) is 1. The lowest BCUT2D eigenvalue weighted by Crippen LogP contribution is -2.60. The van der Waals surface area contributed by atoms with Crippen molar-refractivity contribution < 1.29 is 39.8 Å². The Bertz CT molecular complexity index is 1170. The van der Waals surface area contributed by atoms with Crippen molar-refractivity contribution in [3.05, 3.63) is 60.8 Å². The van der Waals surface area contributed by atoms with Gasteiger partial charge in [-0.2, -0.15) is 0 Å². The van der Waals surface area contributed by atoms with Crippen molar-refractivity contribution in [2.45, 2.75) is 262 Å². The summed E-state index contributed by atoms with van der Waals surface area (Å²) in [6.07, 6.45) is 51.2. The number of allylic oxidation sites excluding steroid dienone is 9. The summed E-state index contributed by atoms with van der Waals surface area (Å²) in [6.45, 7) is 3.67. The molecule has 0 aliphatic carbocycles. The molecule has 7 unspecified atom stereocenters. The lowest BCUT2D eigenvalue weighted by molar-refractivity contribution is -0.302. The third kappa shape index (κ3) is 33.9. The molecule has 0 aromatic rings. The summed E-state index contributed by atoms with van der Waals surface area (Å²) in [4.78, 5) is 13.0. The summed E-state index contributed by atoms with van der Waals surface area (Å²) in [5, 5.41) is 54.4. The highest BCUT2D eigenvalue weighted by Crippen LogP contribution is 2.23. The summed E-state index contributed by atoms with van der Waals surface area (Å²) >= 11 is 0. The topological polar surface area (TPSA) is 149 Å². The van der Waals surface area contributed by atoms with Gasteiger partial charge in [0, 0.05) is 6.42 Å². The van der Waals surface area contributed by atoms with Crippen LogP contribution >= 0.6 is 0 Å². The molecule has 1 aliphatic rings. The number of carbonyl (C=O) groups is 1. The highest BCUT2D eigenvalue weighted by atomic mass is 16.7. The van der Waals surface area contributed by atoms with Crippen LogP contribution in [0.25, 0.3) is 0 Å². The highest BCUT2D eigenvalue weighted by molar-refractivity contribution is 5.76. The first kappa shape index (κ1) is 58.9. The van der Waals surface area contributed by atoms with Gasteiger partial charge in [0.25, 0.3) is 0 Å². The number of aliphatic hydroxyl groups is 5. The third-order valence-electron chi connectivity index (χ3n) is 12.1. The minimum atomic E-state index is -1.57. The van der Waals surface area contributed by atoms with E-state index < -0.39 is 49.5 Å². The van der Waals surface area contributed by atoms with Crippen LogP contribution in [0.3, 0.4) is 0 Å². The largest absolute Gasteiger partial charge is 0.394 e. The molecule has 63 heavy (non-hydrogen) atoms. The molecule has 9 heteroatoms. The van der Waals surface area contributed by atoms with E-state index >= 15 is 0 Å². The van der Waals surface area contributed by atoms with E-state index in [4.69, 9.17) is 9.47 Å². The summed E-state index contributed by atoms with van der Waals surface area (Å²) in [6, 6.07) is -0.809. The van der Waals surface area contributed by atoms with E-state index in [1.54, 1.807) is 6.08 Å². The van der Waals surface area contributed by atoms with E-state index in [2.05, 4.69) is 67.8 Å². The van der Waals surface area contributed by atoms with Crippen LogP contribution in [0.5, 0.6) is 0 Å². The van der Waals surface area contributed by atoms with Gasteiger partial charge in [0.1, 0.15) is 24.4 Å². The number of amides is 1. The van der Waals surface area contributed by atoms with Crippen LogP contribution < -0.4 is 5.32 Å². The second-order valence-electron chi connectivity index (χ2n) is 17.9. The number of hydrogen-bond acceptors (Lipinski definition) is 8. The Labute approximate surface area is 386 Å². The second-order valence-corrected chi connectivity index (χ2v) is 17.9. The fourth-order valence-electron chi connectivity index (χ4n) is 7.97. The number of aliphatic hydroxyl groups excluding tert-OH is 5. The van der Waals surface area contributed by atoms with E-state index in [0.717, 1.165) is 70.6 Å². The molecule has 1 saturated heterocycles. The van der Waals surface area contributed by atoms with Crippen molar-refractivity contribution in [3.63, 3.8) is 0 Å². The monoisotopic (exact) mass is 888 g/mol. The smallest absolute Gasteiger partial charge is 0.220 e. The molecule has 1 fully saturated rings. The Morgan fingerprint density at radius 3 is 1.46 bits per heavy atom. The SMILES string of the molecule is CC/C=C\C/C=C\C/C=C\C/C=C\CCCCCCCCCCCCC(=O)NC(COC1OC(CO)C(O)C(O)C1O)C(O)/C=C/CCCCCCCCCCCCCCCCC. The van der Waals surface area contributed by atoms with E-state index in [-0.39, 0.29) is 12.5 Å².